The van der Waals surface area contributed by atoms with Crippen LogP contribution in [0, 0.1) is 5.82 Å². The summed E-state index contributed by atoms with van der Waals surface area (Å²) in [6, 6.07) is 5.90. The maximum absolute atomic E-state index is 13.1. The lowest BCUT2D eigenvalue weighted by Gasteiger charge is -2.30. The molecule has 0 bridgehead atoms. The maximum Gasteiger partial charge on any atom is 0.227 e. The number of amides is 2. The van der Waals surface area contributed by atoms with Gasteiger partial charge in [0.25, 0.3) is 0 Å². The molecule has 1 N–H and O–H groups in total. The number of nitrogens with one attached hydrogen (secondary N) is 1. The fraction of sp³-hybridized carbons (Fsp3) is 0.455. The lowest BCUT2D eigenvalue weighted by molar-refractivity contribution is -0.131. The Morgan fingerprint density at radius 3 is 2.67 bits per heavy atom. The minimum Gasteiger partial charge on any atom is -0.373 e. The summed E-state index contributed by atoms with van der Waals surface area (Å²) in [5.74, 6) is 1.12. The van der Waals surface area contributed by atoms with Crippen molar-refractivity contribution in [2.75, 3.05) is 25.5 Å². The van der Waals surface area contributed by atoms with Crippen LogP contribution >= 0.6 is 0 Å². The second kappa shape index (κ2) is 8.38. The Kier molecular flexibility index (Phi) is 5.65. The van der Waals surface area contributed by atoms with Crippen molar-refractivity contribution < 1.29 is 14.0 Å². The Morgan fingerprint density at radius 1 is 1.20 bits per heavy atom. The van der Waals surface area contributed by atoms with E-state index in [0.29, 0.717) is 25.3 Å². The Labute approximate surface area is 175 Å². The van der Waals surface area contributed by atoms with Gasteiger partial charge in [0, 0.05) is 32.6 Å². The normalized spacial score (nSPS) is 18.3. The molecular weight excluding hydrogens is 385 g/mol. The van der Waals surface area contributed by atoms with E-state index in [1.807, 2.05) is 11.9 Å². The number of anilines is 1. The highest BCUT2D eigenvalue weighted by Gasteiger charge is 2.32. The van der Waals surface area contributed by atoms with Gasteiger partial charge < -0.3 is 15.1 Å². The summed E-state index contributed by atoms with van der Waals surface area (Å²) in [6.45, 7) is 3.29. The fourth-order valence-corrected chi connectivity index (χ4v) is 4.32. The second-order valence-corrected chi connectivity index (χ2v) is 7.84. The minimum absolute atomic E-state index is 0.00958. The third kappa shape index (κ3) is 3.99. The Balaban J connectivity index is 1.56. The lowest BCUT2D eigenvalue weighted by atomic mass is 10.0. The molecular formula is C22H26FN5O2. The van der Waals surface area contributed by atoms with Gasteiger partial charge in [-0.1, -0.05) is 12.1 Å². The van der Waals surface area contributed by atoms with Crippen LogP contribution < -0.4 is 5.32 Å². The molecule has 1 atom stereocenters. The predicted molar refractivity (Wildman–Crippen MR) is 110 cm³/mol. The van der Waals surface area contributed by atoms with Crippen LogP contribution in [0.25, 0.3) is 0 Å². The number of rotatable bonds is 4. The number of fused-ring (bicyclic) bond motifs is 1. The molecule has 2 aliphatic heterocycles. The van der Waals surface area contributed by atoms with Crippen LogP contribution in [0.1, 0.15) is 48.5 Å². The number of nitrogens with zero attached hydrogens (tertiary/aromatic N) is 4. The molecule has 0 spiro atoms. The van der Waals surface area contributed by atoms with Gasteiger partial charge in [0.1, 0.15) is 11.6 Å². The number of benzene rings is 1. The van der Waals surface area contributed by atoms with E-state index in [0.717, 1.165) is 42.0 Å². The number of hydrogen-bond donors (Lipinski definition) is 1. The Morgan fingerprint density at radius 2 is 1.97 bits per heavy atom. The summed E-state index contributed by atoms with van der Waals surface area (Å²) >= 11 is 0. The molecule has 158 valence electrons. The average molecular weight is 411 g/mol. The van der Waals surface area contributed by atoms with Crippen LogP contribution in [0.15, 0.2) is 24.3 Å². The molecule has 1 aromatic heterocycles. The van der Waals surface area contributed by atoms with Crippen molar-refractivity contribution in [2.24, 2.45) is 0 Å². The highest BCUT2D eigenvalue weighted by molar-refractivity contribution is 5.79. The summed E-state index contributed by atoms with van der Waals surface area (Å²) in [7, 11) is 1.83. The molecule has 2 aromatic rings. The van der Waals surface area contributed by atoms with Crippen molar-refractivity contribution in [1.82, 2.24) is 19.8 Å². The highest BCUT2D eigenvalue weighted by Crippen LogP contribution is 2.33. The van der Waals surface area contributed by atoms with Crippen LogP contribution in [-0.2, 0) is 29.0 Å². The van der Waals surface area contributed by atoms with E-state index >= 15 is 0 Å². The molecule has 8 heteroatoms. The summed E-state index contributed by atoms with van der Waals surface area (Å²) in [5.41, 5.74) is 2.65. The molecule has 2 amide bonds. The molecule has 2 aliphatic rings. The monoisotopic (exact) mass is 411 g/mol. The lowest BCUT2D eigenvalue weighted by Crippen LogP contribution is -2.38. The maximum atomic E-state index is 13.1. The van der Waals surface area contributed by atoms with E-state index < -0.39 is 0 Å². The van der Waals surface area contributed by atoms with Crippen molar-refractivity contribution >= 4 is 17.6 Å². The minimum atomic E-state index is -0.312. The Bertz CT molecular complexity index is 963. The highest BCUT2D eigenvalue weighted by atomic mass is 19.1. The molecule has 30 heavy (non-hydrogen) atoms. The van der Waals surface area contributed by atoms with Crippen LogP contribution in [0.5, 0.6) is 0 Å². The van der Waals surface area contributed by atoms with Gasteiger partial charge in [-0.05, 0) is 37.0 Å². The van der Waals surface area contributed by atoms with Crippen LogP contribution in [-0.4, -0.2) is 51.7 Å². The van der Waals surface area contributed by atoms with Gasteiger partial charge >= 0.3 is 0 Å². The van der Waals surface area contributed by atoms with Crippen molar-refractivity contribution in [1.29, 1.82) is 0 Å². The third-order valence-corrected chi connectivity index (χ3v) is 5.90. The average Bonchev–Trinajstić information content (AvgIpc) is 3.24. The Hall–Kier alpha value is -3.03. The third-order valence-electron chi connectivity index (χ3n) is 5.90. The van der Waals surface area contributed by atoms with E-state index in [2.05, 4.69) is 5.32 Å². The zero-order valence-electron chi connectivity index (χ0n) is 17.3. The van der Waals surface area contributed by atoms with E-state index in [9.17, 15) is 14.0 Å². The number of carbonyl (C=O) groups is 2. The molecule has 3 heterocycles. The van der Waals surface area contributed by atoms with Gasteiger partial charge in [-0.25, -0.2) is 14.4 Å². The first kappa shape index (κ1) is 20.3. The first-order valence-corrected chi connectivity index (χ1v) is 10.3. The SMILES string of the molecule is CNc1nc(C2CCCN2C(C)=O)nc2c1CCN(C(=O)Cc1ccc(F)cc1)C2. The molecule has 1 fully saturated rings. The van der Waals surface area contributed by atoms with Gasteiger partial charge in [0.05, 0.1) is 24.7 Å². The van der Waals surface area contributed by atoms with Gasteiger partial charge in [-0.2, -0.15) is 0 Å². The topological polar surface area (TPSA) is 78.4 Å². The number of hydrogen-bond acceptors (Lipinski definition) is 5. The van der Waals surface area contributed by atoms with Crippen molar-refractivity contribution in [3.63, 3.8) is 0 Å². The summed E-state index contributed by atoms with van der Waals surface area (Å²) in [6.07, 6.45) is 2.67. The molecule has 1 unspecified atom stereocenters. The molecule has 0 aliphatic carbocycles. The van der Waals surface area contributed by atoms with Crippen molar-refractivity contribution in [3.05, 3.63) is 52.7 Å². The molecule has 1 aromatic carbocycles. The zero-order chi connectivity index (χ0) is 21.3. The van der Waals surface area contributed by atoms with Crippen LogP contribution in [0.4, 0.5) is 10.2 Å². The number of halogens is 1. The summed E-state index contributed by atoms with van der Waals surface area (Å²) in [5, 5.41) is 3.16. The van der Waals surface area contributed by atoms with E-state index in [1.165, 1.54) is 12.1 Å². The molecule has 0 saturated carbocycles. The van der Waals surface area contributed by atoms with E-state index in [4.69, 9.17) is 9.97 Å². The largest absolute Gasteiger partial charge is 0.373 e. The van der Waals surface area contributed by atoms with Gasteiger partial charge in [-0.3, -0.25) is 9.59 Å². The van der Waals surface area contributed by atoms with Gasteiger partial charge in [0.2, 0.25) is 11.8 Å². The number of carbonyl (C=O) groups excluding carboxylic acids is 2. The first-order valence-electron chi connectivity index (χ1n) is 10.3. The first-order chi connectivity index (χ1) is 14.5. The van der Waals surface area contributed by atoms with E-state index in [-0.39, 0.29) is 30.1 Å². The standard InChI is InChI=1S/C22H26FN5O2/c1-14(29)28-10-3-4-19(28)22-25-18-13-27(11-9-17(18)21(24-2)26-22)20(30)12-15-5-7-16(23)8-6-15/h5-8,19H,3-4,9-13H2,1-2H3,(H,24,25,26). The summed E-state index contributed by atoms with van der Waals surface area (Å²) in [4.78, 5) is 37.9. The molecule has 4 rings (SSSR count). The van der Waals surface area contributed by atoms with Crippen molar-refractivity contribution in [2.45, 2.75) is 45.2 Å². The molecule has 7 nitrogen and oxygen atoms in total. The second-order valence-electron chi connectivity index (χ2n) is 7.84. The van der Waals surface area contributed by atoms with Crippen molar-refractivity contribution in [3.8, 4) is 0 Å². The molecule has 1 saturated heterocycles. The predicted octanol–water partition coefficient (Wildman–Crippen LogP) is 2.47. The van der Waals surface area contributed by atoms with Crippen LogP contribution in [0.3, 0.4) is 0 Å². The van der Waals surface area contributed by atoms with Gasteiger partial charge in [0.15, 0.2) is 5.82 Å². The number of aromatic nitrogens is 2. The fourth-order valence-electron chi connectivity index (χ4n) is 4.32. The summed E-state index contributed by atoms with van der Waals surface area (Å²) < 4.78 is 13.1. The number of likely N-dealkylation sites (tertiary alicyclic amines) is 1. The van der Waals surface area contributed by atoms with Gasteiger partial charge in [-0.15, -0.1) is 0 Å². The molecule has 0 radical (unpaired) electrons. The van der Waals surface area contributed by atoms with E-state index in [1.54, 1.807) is 24.0 Å². The zero-order valence-corrected chi connectivity index (χ0v) is 17.3. The quantitative estimate of drug-likeness (QED) is 0.836. The van der Waals surface area contributed by atoms with Crippen LogP contribution in [0.2, 0.25) is 0 Å². The smallest absolute Gasteiger partial charge is 0.227 e.